The van der Waals surface area contributed by atoms with Gasteiger partial charge in [0.2, 0.25) is 11.8 Å². The van der Waals surface area contributed by atoms with Crippen LogP contribution in [0.2, 0.25) is 0 Å². The van der Waals surface area contributed by atoms with Crippen molar-refractivity contribution in [3.8, 4) is 17.1 Å². The minimum Gasteiger partial charge on any atom is -0.467 e. The first-order valence-electron chi connectivity index (χ1n) is 13.2. The lowest BCUT2D eigenvalue weighted by molar-refractivity contribution is -0.145. The third-order valence-corrected chi connectivity index (χ3v) is 6.74. The number of rotatable bonds is 10. The number of nitrogens with one attached hydrogen (secondary N) is 3. The monoisotopic (exact) mass is 550 g/mol. The summed E-state index contributed by atoms with van der Waals surface area (Å²) >= 11 is 0. The van der Waals surface area contributed by atoms with Crippen LogP contribution < -0.4 is 10.6 Å². The smallest absolute Gasteiger partial charge is 0.328 e. The number of esters is 1. The van der Waals surface area contributed by atoms with Gasteiger partial charge in [0.05, 0.1) is 13.3 Å². The third-order valence-electron chi connectivity index (χ3n) is 6.74. The van der Waals surface area contributed by atoms with E-state index in [4.69, 9.17) is 4.74 Å². The maximum Gasteiger partial charge on any atom is 0.328 e. The molecule has 0 radical (unpaired) electrons. The minimum atomic E-state index is -0.988. The molecule has 0 saturated heterocycles. The highest BCUT2D eigenvalue weighted by Gasteiger charge is 2.29. The molecular weight excluding hydrogens is 520 g/mol. The molecule has 0 spiro atoms. The fraction of sp³-hybridized carbons (Fsp3) is 0.194. The number of ether oxygens (including phenoxy) is 1. The van der Waals surface area contributed by atoms with E-state index in [1.807, 2.05) is 84.9 Å². The van der Waals surface area contributed by atoms with Gasteiger partial charge in [0.15, 0.2) is 5.82 Å². The van der Waals surface area contributed by atoms with Crippen LogP contribution in [0.15, 0.2) is 91.1 Å². The van der Waals surface area contributed by atoms with Crippen molar-refractivity contribution in [1.82, 2.24) is 30.6 Å². The van der Waals surface area contributed by atoms with Crippen LogP contribution in [-0.2, 0) is 32.0 Å². The quantitative estimate of drug-likeness (QED) is 0.229. The van der Waals surface area contributed by atoms with E-state index in [0.29, 0.717) is 11.5 Å². The number of aromatic amines is 1. The van der Waals surface area contributed by atoms with E-state index in [0.717, 1.165) is 27.6 Å². The molecule has 0 aliphatic heterocycles. The number of methoxy groups -OCH3 is 1. The number of carbonyl (C=O) groups excluding carboxylic acids is 3. The van der Waals surface area contributed by atoms with Gasteiger partial charge in [-0.3, -0.25) is 9.59 Å². The van der Waals surface area contributed by atoms with Gasteiger partial charge in [-0.05, 0) is 11.6 Å². The SMILES string of the molecule is COC(=O)[C@H](Cc1ccccc1)NC(=O)[C@H](Cc1c(-n2ncc(-c3ccccc3)n2)[nH]c2ccccc12)NC(C)=O. The number of aromatic nitrogens is 4. The Labute approximate surface area is 236 Å². The summed E-state index contributed by atoms with van der Waals surface area (Å²) in [7, 11) is 1.27. The average Bonchev–Trinajstić information content (AvgIpc) is 3.62. The Balaban J connectivity index is 1.47. The Hall–Kier alpha value is -5.25. The highest BCUT2D eigenvalue weighted by Crippen LogP contribution is 2.27. The molecule has 3 N–H and O–H groups in total. The van der Waals surface area contributed by atoms with Crippen LogP contribution in [0.4, 0.5) is 0 Å². The van der Waals surface area contributed by atoms with E-state index >= 15 is 0 Å². The number of amides is 2. The van der Waals surface area contributed by atoms with Gasteiger partial charge in [-0.2, -0.15) is 5.10 Å². The number of hydrogen-bond acceptors (Lipinski definition) is 6. The van der Waals surface area contributed by atoms with Gasteiger partial charge in [-0.25, -0.2) is 4.79 Å². The second-order valence-corrected chi connectivity index (χ2v) is 9.61. The molecule has 10 nitrogen and oxygen atoms in total. The summed E-state index contributed by atoms with van der Waals surface area (Å²) in [6.45, 7) is 1.35. The van der Waals surface area contributed by atoms with Crippen molar-refractivity contribution in [1.29, 1.82) is 0 Å². The summed E-state index contributed by atoms with van der Waals surface area (Å²) < 4.78 is 4.96. The molecule has 2 aromatic heterocycles. The molecule has 0 aliphatic carbocycles. The summed E-state index contributed by atoms with van der Waals surface area (Å²) in [5, 5.41) is 15.6. The van der Waals surface area contributed by atoms with Gasteiger partial charge in [0.25, 0.3) is 0 Å². The normalized spacial score (nSPS) is 12.4. The van der Waals surface area contributed by atoms with Crippen LogP contribution in [-0.4, -0.2) is 57.0 Å². The Bertz CT molecular complexity index is 1660. The van der Waals surface area contributed by atoms with Gasteiger partial charge in [0, 0.05) is 41.8 Å². The number of fused-ring (bicyclic) bond motifs is 1. The fourth-order valence-electron chi connectivity index (χ4n) is 4.79. The van der Waals surface area contributed by atoms with E-state index in [2.05, 4.69) is 25.8 Å². The maximum absolute atomic E-state index is 13.6. The van der Waals surface area contributed by atoms with E-state index in [9.17, 15) is 14.4 Å². The lowest BCUT2D eigenvalue weighted by Crippen LogP contribution is -2.53. The Morgan fingerprint density at radius 3 is 2.27 bits per heavy atom. The van der Waals surface area contributed by atoms with E-state index < -0.39 is 24.0 Å². The highest BCUT2D eigenvalue weighted by molar-refractivity contribution is 5.92. The Morgan fingerprint density at radius 2 is 1.56 bits per heavy atom. The van der Waals surface area contributed by atoms with Gasteiger partial charge in [-0.1, -0.05) is 78.9 Å². The van der Waals surface area contributed by atoms with Crippen molar-refractivity contribution in [2.45, 2.75) is 31.8 Å². The molecule has 0 saturated carbocycles. The molecule has 208 valence electrons. The fourth-order valence-corrected chi connectivity index (χ4v) is 4.79. The predicted octanol–water partition coefficient (Wildman–Crippen LogP) is 3.36. The average molecular weight is 551 g/mol. The molecule has 0 fully saturated rings. The number of hydrogen-bond donors (Lipinski definition) is 3. The second kappa shape index (κ2) is 12.3. The van der Waals surface area contributed by atoms with Gasteiger partial charge in [-0.15, -0.1) is 9.90 Å². The lowest BCUT2D eigenvalue weighted by atomic mass is 10.0. The van der Waals surface area contributed by atoms with Gasteiger partial charge >= 0.3 is 5.97 Å². The molecule has 10 heteroatoms. The Morgan fingerprint density at radius 1 is 0.878 bits per heavy atom. The first-order chi connectivity index (χ1) is 19.9. The number of carbonyl (C=O) groups is 3. The van der Waals surface area contributed by atoms with Gasteiger partial charge in [0.1, 0.15) is 17.8 Å². The molecule has 5 rings (SSSR count). The van der Waals surface area contributed by atoms with Crippen LogP contribution in [0.3, 0.4) is 0 Å². The Kier molecular flexibility index (Phi) is 8.19. The van der Waals surface area contributed by atoms with Crippen molar-refractivity contribution in [2.75, 3.05) is 7.11 Å². The molecule has 0 aliphatic rings. The summed E-state index contributed by atoms with van der Waals surface area (Å²) in [6.07, 6.45) is 2.03. The van der Waals surface area contributed by atoms with E-state index in [-0.39, 0.29) is 18.7 Å². The molecule has 0 unspecified atom stereocenters. The van der Waals surface area contributed by atoms with Crippen molar-refractivity contribution >= 4 is 28.7 Å². The van der Waals surface area contributed by atoms with Gasteiger partial charge < -0.3 is 20.4 Å². The number of benzene rings is 3. The summed E-state index contributed by atoms with van der Waals surface area (Å²) in [5.41, 5.74) is 4.03. The molecule has 0 bridgehead atoms. The zero-order chi connectivity index (χ0) is 28.8. The molecule has 41 heavy (non-hydrogen) atoms. The number of para-hydroxylation sites is 1. The summed E-state index contributed by atoms with van der Waals surface area (Å²) in [5.74, 6) is -0.898. The van der Waals surface area contributed by atoms with Crippen LogP contribution in [0.1, 0.15) is 18.1 Å². The van der Waals surface area contributed by atoms with Crippen molar-refractivity contribution < 1.29 is 19.1 Å². The standard InChI is InChI=1S/C31H30N6O4/c1-20(38)33-26(30(39)35-27(31(40)41-2)17-21-11-5-3-6-12-21)18-24-23-15-9-10-16-25(23)34-29(24)37-32-19-28(36-37)22-13-7-4-8-14-22/h3-16,19,26-27,34H,17-18H2,1-2H3,(H,33,38)(H,35,39)/t26-,27-/m0/s1. The molecule has 2 heterocycles. The van der Waals surface area contributed by atoms with E-state index in [1.54, 1.807) is 6.20 Å². The van der Waals surface area contributed by atoms with Crippen molar-refractivity contribution in [2.24, 2.45) is 0 Å². The van der Waals surface area contributed by atoms with Crippen LogP contribution in [0, 0.1) is 0 Å². The van der Waals surface area contributed by atoms with Crippen LogP contribution in [0.5, 0.6) is 0 Å². The third kappa shape index (κ3) is 6.33. The van der Waals surface area contributed by atoms with Crippen LogP contribution >= 0.6 is 0 Å². The summed E-state index contributed by atoms with van der Waals surface area (Å²) in [6, 6.07) is 24.7. The molecular formula is C31H30N6O4. The molecule has 5 aromatic rings. The largest absolute Gasteiger partial charge is 0.467 e. The van der Waals surface area contributed by atoms with Crippen molar-refractivity contribution in [3.05, 3.63) is 102 Å². The molecule has 2 amide bonds. The molecule has 3 aromatic carbocycles. The zero-order valence-corrected chi connectivity index (χ0v) is 22.7. The second-order valence-electron chi connectivity index (χ2n) is 9.61. The van der Waals surface area contributed by atoms with Crippen molar-refractivity contribution in [3.63, 3.8) is 0 Å². The highest BCUT2D eigenvalue weighted by atomic mass is 16.5. The number of nitrogens with zero attached hydrogens (tertiary/aromatic N) is 3. The van der Waals surface area contributed by atoms with Crippen LogP contribution in [0.25, 0.3) is 28.0 Å². The first kappa shape index (κ1) is 27.3. The summed E-state index contributed by atoms with van der Waals surface area (Å²) in [4.78, 5) is 43.3. The molecule has 2 atom stereocenters. The lowest BCUT2D eigenvalue weighted by Gasteiger charge is -2.22. The zero-order valence-electron chi connectivity index (χ0n) is 22.7. The minimum absolute atomic E-state index is 0.117. The van der Waals surface area contributed by atoms with E-state index in [1.165, 1.54) is 18.8 Å². The maximum atomic E-state index is 13.6. The predicted molar refractivity (Wildman–Crippen MR) is 154 cm³/mol. The number of H-pyrrole nitrogens is 1. The topological polar surface area (TPSA) is 131 Å². The first-order valence-corrected chi connectivity index (χ1v) is 13.2.